The predicted octanol–water partition coefficient (Wildman–Crippen LogP) is 1.24. The zero-order chi connectivity index (χ0) is 15.1. The Morgan fingerprint density at radius 1 is 0.864 bits per heavy atom. The van der Waals surface area contributed by atoms with Crippen molar-refractivity contribution in [1.29, 1.82) is 0 Å². The first-order valence-corrected chi connectivity index (χ1v) is 8.14. The van der Waals surface area contributed by atoms with Crippen molar-refractivity contribution >= 4 is 10.8 Å². The molecular weight excluding hydrogens is 338 g/mol. The van der Waals surface area contributed by atoms with Gasteiger partial charge in [-0.05, 0) is 37.1 Å². The van der Waals surface area contributed by atoms with Crippen LogP contribution in [0, 0.1) is 0 Å². The fourth-order valence-electron chi connectivity index (χ4n) is 3.00. The normalized spacial score (nSPS) is 11.4. The first kappa shape index (κ1) is 19.1. The topological polar surface area (TPSA) is 9.23 Å². The summed E-state index contributed by atoms with van der Waals surface area (Å²) in [6, 6.07) is 15.0. The van der Waals surface area contributed by atoms with Crippen LogP contribution in [0.15, 0.2) is 42.5 Å². The molecule has 0 aromatic heterocycles. The lowest BCUT2D eigenvalue weighted by Crippen LogP contribution is -3.00. The second-order valence-electron chi connectivity index (χ2n) is 5.70. The van der Waals surface area contributed by atoms with Gasteiger partial charge < -0.3 is 26.2 Å². The van der Waals surface area contributed by atoms with Crippen molar-refractivity contribution in [2.45, 2.75) is 27.4 Å². The molecule has 0 radical (unpaired) electrons. The van der Waals surface area contributed by atoms with Gasteiger partial charge in [0.05, 0.1) is 32.8 Å². The van der Waals surface area contributed by atoms with Gasteiger partial charge in [0.15, 0.2) is 0 Å². The van der Waals surface area contributed by atoms with Gasteiger partial charge in [-0.3, -0.25) is 0 Å². The van der Waals surface area contributed by atoms with E-state index in [0.29, 0.717) is 6.61 Å². The number of halogens is 1. The summed E-state index contributed by atoms with van der Waals surface area (Å²) < 4.78 is 7.12. The van der Waals surface area contributed by atoms with Crippen LogP contribution in [0.2, 0.25) is 0 Å². The molecule has 0 atom stereocenters. The van der Waals surface area contributed by atoms with Crippen molar-refractivity contribution in [3.8, 4) is 0 Å². The van der Waals surface area contributed by atoms with Gasteiger partial charge in [-0.1, -0.05) is 42.5 Å². The van der Waals surface area contributed by atoms with Crippen LogP contribution in [0.3, 0.4) is 0 Å². The number of benzene rings is 2. The summed E-state index contributed by atoms with van der Waals surface area (Å²) in [5.74, 6) is 0. The minimum Gasteiger partial charge on any atom is -1.00 e. The molecule has 3 heteroatoms. The number of rotatable bonds is 8. The van der Waals surface area contributed by atoms with E-state index >= 15 is 0 Å². The molecule has 0 spiro atoms. The number of fused-ring (bicyclic) bond motifs is 1. The van der Waals surface area contributed by atoms with Crippen LogP contribution < -0.4 is 17.0 Å². The van der Waals surface area contributed by atoms with Crippen molar-refractivity contribution in [3.63, 3.8) is 0 Å². The molecule has 122 valence electrons. The van der Waals surface area contributed by atoms with Crippen LogP contribution in [0.4, 0.5) is 0 Å². The van der Waals surface area contributed by atoms with E-state index in [0.717, 1.165) is 17.6 Å². The molecule has 0 saturated carbocycles. The maximum Gasteiger partial charge on any atom is 0.102 e. The Labute approximate surface area is 145 Å². The summed E-state index contributed by atoms with van der Waals surface area (Å²) in [6.45, 7) is 13.0. The lowest BCUT2D eigenvalue weighted by Gasteiger charge is -2.35. The van der Waals surface area contributed by atoms with Crippen LogP contribution in [0.25, 0.3) is 10.8 Å². The highest BCUT2D eigenvalue weighted by Gasteiger charge is 2.19. The van der Waals surface area contributed by atoms with E-state index in [1.165, 1.54) is 36.0 Å². The summed E-state index contributed by atoms with van der Waals surface area (Å²) in [4.78, 5) is 0. The Kier molecular flexibility index (Phi) is 8.08. The Hall–Kier alpha value is -0.900. The van der Waals surface area contributed by atoms with Gasteiger partial charge in [-0.2, -0.15) is 0 Å². The van der Waals surface area contributed by atoms with E-state index in [4.69, 9.17) is 4.74 Å². The number of nitrogens with zero attached hydrogens (tertiary/aromatic N) is 1. The van der Waals surface area contributed by atoms with E-state index < -0.39 is 0 Å². The van der Waals surface area contributed by atoms with Crippen molar-refractivity contribution in [2.24, 2.45) is 0 Å². The van der Waals surface area contributed by atoms with Crippen LogP contribution >= 0.6 is 0 Å². The molecule has 0 saturated heterocycles. The maximum absolute atomic E-state index is 5.97. The molecule has 0 amide bonds. The summed E-state index contributed by atoms with van der Waals surface area (Å²) in [5.41, 5.74) is 1.29. The summed E-state index contributed by atoms with van der Waals surface area (Å²) in [6.07, 6.45) is 0. The van der Waals surface area contributed by atoms with Crippen molar-refractivity contribution in [2.75, 3.05) is 32.8 Å². The highest BCUT2D eigenvalue weighted by Crippen LogP contribution is 2.19. The predicted molar refractivity (Wildman–Crippen MR) is 90.4 cm³/mol. The molecule has 0 aliphatic heterocycles. The Balaban J connectivity index is 0.00000242. The fraction of sp³-hybridized carbons (Fsp3) is 0.474. The second kappa shape index (κ2) is 9.29. The molecule has 2 nitrogen and oxygen atoms in total. The van der Waals surface area contributed by atoms with Crippen LogP contribution in [0.5, 0.6) is 0 Å². The molecular formula is C19H28BrNO. The average Bonchev–Trinajstić information content (AvgIpc) is 2.56. The third-order valence-electron chi connectivity index (χ3n) is 4.86. The quantitative estimate of drug-likeness (QED) is 0.505. The molecule has 0 heterocycles. The molecule has 0 bridgehead atoms. The largest absolute Gasteiger partial charge is 1.00 e. The molecule has 0 fully saturated rings. The molecule has 2 aromatic carbocycles. The van der Waals surface area contributed by atoms with Crippen molar-refractivity contribution in [1.82, 2.24) is 0 Å². The highest BCUT2D eigenvalue weighted by molar-refractivity contribution is 5.85. The first-order valence-electron chi connectivity index (χ1n) is 8.14. The summed E-state index contributed by atoms with van der Waals surface area (Å²) in [7, 11) is 0. The van der Waals surface area contributed by atoms with E-state index in [1.54, 1.807) is 0 Å². The van der Waals surface area contributed by atoms with Crippen molar-refractivity contribution in [3.05, 3.63) is 48.0 Å². The smallest absolute Gasteiger partial charge is 0.102 e. The Morgan fingerprint density at radius 2 is 1.50 bits per heavy atom. The molecule has 0 unspecified atom stereocenters. The number of hydrogen-bond acceptors (Lipinski definition) is 1. The number of hydrogen-bond donors (Lipinski definition) is 0. The Bertz CT molecular complexity index is 553. The fourth-order valence-corrected chi connectivity index (χ4v) is 3.00. The van der Waals surface area contributed by atoms with Gasteiger partial charge in [0, 0.05) is 0 Å². The lowest BCUT2D eigenvalue weighted by atomic mass is 10.1. The minimum atomic E-state index is 0. The average molecular weight is 366 g/mol. The number of ether oxygens (including phenoxy) is 1. The number of likely N-dealkylation sites (N-methyl/N-ethyl adjacent to an activating group) is 1. The third-order valence-corrected chi connectivity index (χ3v) is 4.86. The van der Waals surface area contributed by atoms with E-state index in [2.05, 4.69) is 63.2 Å². The molecule has 0 aliphatic rings. The molecule has 0 aliphatic carbocycles. The zero-order valence-corrected chi connectivity index (χ0v) is 15.6. The SMILES string of the molecule is CC[N+](CC)(CC)CCOCc1cccc2ccccc12.[Br-]. The monoisotopic (exact) mass is 365 g/mol. The summed E-state index contributed by atoms with van der Waals surface area (Å²) >= 11 is 0. The first-order chi connectivity index (χ1) is 10.2. The summed E-state index contributed by atoms with van der Waals surface area (Å²) in [5, 5.41) is 2.60. The minimum absolute atomic E-state index is 0. The van der Waals surface area contributed by atoms with Crippen molar-refractivity contribution < 1.29 is 26.2 Å². The maximum atomic E-state index is 5.97. The molecule has 22 heavy (non-hydrogen) atoms. The second-order valence-corrected chi connectivity index (χ2v) is 5.70. The van der Waals surface area contributed by atoms with Gasteiger partial charge in [0.1, 0.15) is 6.54 Å². The standard InChI is InChI=1S/C19H28NO.BrH/c1-4-20(5-2,6-3)14-15-21-16-18-12-9-11-17-10-7-8-13-19(17)18;/h7-13H,4-6,14-16H2,1-3H3;1H/q+1;/p-1. The van der Waals surface area contributed by atoms with Crippen LogP contribution in [-0.2, 0) is 11.3 Å². The van der Waals surface area contributed by atoms with Gasteiger partial charge in [0.25, 0.3) is 0 Å². The molecule has 2 aromatic rings. The van der Waals surface area contributed by atoms with Gasteiger partial charge in [-0.25, -0.2) is 0 Å². The van der Waals surface area contributed by atoms with E-state index in [9.17, 15) is 0 Å². The lowest BCUT2D eigenvalue weighted by molar-refractivity contribution is -0.923. The van der Waals surface area contributed by atoms with Gasteiger partial charge in [0.2, 0.25) is 0 Å². The molecule has 0 N–H and O–H groups in total. The van der Waals surface area contributed by atoms with Crippen LogP contribution in [0.1, 0.15) is 26.3 Å². The zero-order valence-electron chi connectivity index (χ0n) is 14.0. The number of quaternary nitrogens is 1. The Morgan fingerprint density at radius 3 is 2.18 bits per heavy atom. The molecule has 2 rings (SSSR count). The highest BCUT2D eigenvalue weighted by atomic mass is 79.9. The van der Waals surface area contributed by atoms with E-state index in [1.807, 2.05) is 0 Å². The van der Waals surface area contributed by atoms with Gasteiger partial charge in [-0.15, -0.1) is 0 Å². The van der Waals surface area contributed by atoms with Crippen LogP contribution in [-0.4, -0.2) is 37.3 Å². The van der Waals surface area contributed by atoms with Gasteiger partial charge >= 0.3 is 0 Å². The third kappa shape index (κ3) is 4.55. The van der Waals surface area contributed by atoms with E-state index in [-0.39, 0.29) is 17.0 Å².